The van der Waals surface area contributed by atoms with Gasteiger partial charge in [0.05, 0.1) is 5.38 Å². The van der Waals surface area contributed by atoms with E-state index in [9.17, 15) is 4.79 Å². The molecular formula is C14H18ClNO. The lowest BCUT2D eigenvalue weighted by molar-refractivity contribution is 0.0937. The van der Waals surface area contributed by atoms with Crippen LogP contribution in [0, 0.1) is 13.8 Å². The third kappa shape index (κ3) is 2.63. The minimum atomic E-state index is 0.0122. The second-order valence-electron chi connectivity index (χ2n) is 4.79. The number of benzene rings is 1. The highest BCUT2D eigenvalue weighted by molar-refractivity contribution is 6.21. The van der Waals surface area contributed by atoms with Crippen LogP contribution in [0.25, 0.3) is 0 Å². The Bertz CT molecular complexity index is 410. The van der Waals surface area contributed by atoms with E-state index in [0.29, 0.717) is 0 Å². The standard InChI is InChI=1S/C14H18ClNO/c1-9-5-3-6-10(2)13(9)14(17)16-12-8-4-7-11(12)15/h3,5-6,11-12H,4,7-8H2,1-2H3,(H,16,17). The lowest BCUT2D eigenvalue weighted by Crippen LogP contribution is -2.38. The first kappa shape index (κ1) is 12.4. The van der Waals surface area contributed by atoms with Crippen LogP contribution in [0.1, 0.15) is 40.7 Å². The molecule has 0 bridgehead atoms. The summed E-state index contributed by atoms with van der Waals surface area (Å²) in [4.78, 5) is 12.2. The summed E-state index contributed by atoms with van der Waals surface area (Å²) in [5.74, 6) is 0.0122. The number of alkyl halides is 1. The van der Waals surface area contributed by atoms with Gasteiger partial charge in [0.25, 0.3) is 5.91 Å². The zero-order valence-corrected chi connectivity index (χ0v) is 11.1. The lowest BCUT2D eigenvalue weighted by Gasteiger charge is -2.17. The maximum atomic E-state index is 12.2. The molecule has 17 heavy (non-hydrogen) atoms. The largest absolute Gasteiger partial charge is 0.348 e. The molecule has 1 aromatic rings. The molecular weight excluding hydrogens is 234 g/mol. The number of halogens is 1. The summed E-state index contributed by atoms with van der Waals surface area (Å²) in [5.41, 5.74) is 2.83. The zero-order valence-electron chi connectivity index (χ0n) is 10.3. The molecule has 2 rings (SSSR count). The normalized spacial score (nSPS) is 23.7. The van der Waals surface area contributed by atoms with Crippen LogP contribution in [0.3, 0.4) is 0 Å². The SMILES string of the molecule is Cc1cccc(C)c1C(=O)NC1CCCC1Cl. The van der Waals surface area contributed by atoms with Crippen molar-refractivity contribution in [1.82, 2.24) is 5.32 Å². The van der Waals surface area contributed by atoms with E-state index in [2.05, 4.69) is 5.32 Å². The highest BCUT2D eigenvalue weighted by atomic mass is 35.5. The van der Waals surface area contributed by atoms with Gasteiger partial charge in [-0.05, 0) is 44.2 Å². The summed E-state index contributed by atoms with van der Waals surface area (Å²) in [6, 6.07) is 6.04. The average molecular weight is 252 g/mol. The van der Waals surface area contributed by atoms with Gasteiger partial charge in [0.1, 0.15) is 0 Å². The van der Waals surface area contributed by atoms with Gasteiger partial charge in [0.2, 0.25) is 0 Å². The minimum absolute atomic E-state index is 0.0122. The van der Waals surface area contributed by atoms with Gasteiger partial charge in [-0.1, -0.05) is 18.2 Å². The average Bonchev–Trinajstić information content (AvgIpc) is 2.64. The molecule has 0 saturated heterocycles. The van der Waals surface area contributed by atoms with Crippen LogP contribution in [0.2, 0.25) is 0 Å². The van der Waals surface area contributed by atoms with Gasteiger partial charge in [-0.25, -0.2) is 0 Å². The Labute approximate surface area is 107 Å². The van der Waals surface area contributed by atoms with Crippen molar-refractivity contribution in [2.45, 2.75) is 44.5 Å². The van der Waals surface area contributed by atoms with Crippen LogP contribution >= 0.6 is 11.6 Å². The predicted octanol–water partition coefficient (Wildman–Crippen LogP) is 3.19. The molecule has 1 aromatic carbocycles. The molecule has 1 aliphatic rings. The van der Waals surface area contributed by atoms with Crippen molar-refractivity contribution in [3.05, 3.63) is 34.9 Å². The first-order valence-electron chi connectivity index (χ1n) is 6.10. The van der Waals surface area contributed by atoms with Crippen LogP contribution < -0.4 is 5.32 Å². The summed E-state index contributed by atoms with van der Waals surface area (Å²) in [7, 11) is 0. The second kappa shape index (κ2) is 5.09. The van der Waals surface area contributed by atoms with E-state index in [4.69, 9.17) is 11.6 Å². The van der Waals surface area contributed by atoms with Gasteiger partial charge in [-0.2, -0.15) is 0 Å². The van der Waals surface area contributed by atoms with Crippen LogP contribution in [0.4, 0.5) is 0 Å². The molecule has 1 fully saturated rings. The monoisotopic (exact) mass is 251 g/mol. The third-order valence-electron chi connectivity index (χ3n) is 3.46. The molecule has 92 valence electrons. The van der Waals surface area contributed by atoms with Crippen molar-refractivity contribution < 1.29 is 4.79 Å². The summed E-state index contributed by atoms with van der Waals surface area (Å²) in [5, 5.41) is 3.14. The third-order valence-corrected chi connectivity index (χ3v) is 3.98. The highest BCUT2D eigenvalue weighted by Gasteiger charge is 2.27. The number of aryl methyl sites for hydroxylation is 2. The van der Waals surface area contributed by atoms with Crippen molar-refractivity contribution in [1.29, 1.82) is 0 Å². The molecule has 2 atom stereocenters. The number of amides is 1. The van der Waals surface area contributed by atoms with Gasteiger partial charge in [-0.3, -0.25) is 4.79 Å². The van der Waals surface area contributed by atoms with Gasteiger partial charge < -0.3 is 5.32 Å². The van der Waals surface area contributed by atoms with Crippen LogP contribution in [0.5, 0.6) is 0 Å². The molecule has 2 nitrogen and oxygen atoms in total. The van der Waals surface area contributed by atoms with E-state index in [1.54, 1.807) is 0 Å². The number of rotatable bonds is 2. The zero-order chi connectivity index (χ0) is 12.4. The fraction of sp³-hybridized carbons (Fsp3) is 0.500. The number of nitrogens with one attached hydrogen (secondary N) is 1. The maximum Gasteiger partial charge on any atom is 0.252 e. The first-order chi connectivity index (χ1) is 8.09. The Hall–Kier alpha value is -1.02. The van der Waals surface area contributed by atoms with Crippen molar-refractivity contribution in [2.75, 3.05) is 0 Å². The van der Waals surface area contributed by atoms with E-state index in [1.807, 2.05) is 32.0 Å². The Morgan fingerprint density at radius 1 is 1.29 bits per heavy atom. The minimum Gasteiger partial charge on any atom is -0.348 e. The second-order valence-corrected chi connectivity index (χ2v) is 5.35. The Balaban J connectivity index is 2.14. The molecule has 0 aliphatic heterocycles. The topological polar surface area (TPSA) is 29.1 Å². The highest BCUT2D eigenvalue weighted by Crippen LogP contribution is 2.24. The number of hydrogen-bond donors (Lipinski definition) is 1. The van der Waals surface area contributed by atoms with E-state index >= 15 is 0 Å². The molecule has 1 saturated carbocycles. The molecule has 0 heterocycles. The molecule has 3 heteroatoms. The van der Waals surface area contributed by atoms with Crippen molar-refractivity contribution >= 4 is 17.5 Å². The fourth-order valence-electron chi connectivity index (χ4n) is 2.49. The van der Waals surface area contributed by atoms with Crippen molar-refractivity contribution in [2.24, 2.45) is 0 Å². The van der Waals surface area contributed by atoms with Gasteiger partial charge >= 0.3 is 0 Å². The Morgan fingerprint density at radius 3 is 2.47 bits per heavy atom. The molecule has 0 aromatic heterocycles. The lowest BCUT2D eigenvalue weighted by atomic mass is 10.0. The smallest absolute Gasteiger partial charge is 0.252 e. The van der Waals surface area contributed by atoms with Gasteiger partial charge in [-0.15, -0.1) is 11.6 Å². The van der Waals surface area contributed by atoms with Crippen molar-refractivity contribution in [3.8, 4) is 0 Å². The number of hydrogen-bond acceptors (Lipinski definition) is 1. The first-order valence-corrected chi connectivity index (χ1v) is 6.54. The van der Waals surface area contributed by atoms with Gasteiger partial charge in [0.15, 0.2) is 0 Å². The molecule has 0 spiro atoms. The molecule has 0 radical (unpaired) electrons. The van der Waals surface area contributed by atoms with E-state index in [1.165, 1.54) is 0 Å². The summed E-state index contributed by atoms with van der Waals surface area (Å²) >= 11 is 6.17. The summed E-state index contributed by atoms with van der Waals surface area (Å²) < 4.78 is 0. The van der Waals surface area contributed by atoms with E-state index < -0.39 is 0 Å². The quantitative estimate of drug-likeness (QED) is 0.804. The number of carbonyl (C=O) groups is 1. The summed E-state index contributed by atoms with van der Waals surface area (Å²) in [6.07, 6.45) is 3.09. The van der Waals surface area contributed by atoms with Crippen LogP contribution in [-0.4, -0.2) is 17.3 Å². The Kier molecular flexibility index (Phi) is 3.72. The van der Waals surface area contributed by atoms with E-state index in [-0.39, 0.29) is 17.3 Å². The van der Waals surface area contributed by atoms with Crippen LogP contribution in [-0.2, 0) is 0 Å². The van der Waals surface area contributed by atoms with Gasteiger partial charge in [0, 0.05) is 11.6 Å². The number of carbonyl (C=O) groups excluding carboxylic acids is 1. The molecule has 2 unspecified atom stereocenters. The molecule has 1 N–H and O–H groups in total. The van der Waals surface area contributed by atoms with Crippen LogP contribution in [0.15, 0.2) is 18.2 Å². The predicted molar refractivity (Wildman–Crippen MR) is 70.7 cm³/mol. The van der Waals surface area contributed by atoms with Crippen molar-refractivity contribution in [3.63, 3.8) is 0 Å². The Morgan fingerprint density at radius 2 is 1.94 bits per heavy atom. The fourth-order valence-corrected chi connectivity index (χ4v) is 2.83. The molecule has 1 amide bonds. The summed E-state index contributed by atoms with van der Waals surface area (Å²) in [6.45, 7) is 3.93. The maximum absolute atomic E-state index is 12.2. The van der Waals surface area contributed by atoms with E-state index in [0.717, 1.165) is 36.0 Å². The molecule has 1 aliphatic carbocycles.